The van der Waals surface area contributed by atoms with Gasteiger partial charge in [0.2, 0.25) is 5.91 Å². The third kappa shape index (κ3) is 3.99. The van der Waals surface area contributed by atoms with Crippen molar-refractivity contribution in [2.24, 2.45) is 5.10 Å². The molecule has 0 radical (unpaired) electrons. The number of carbonyl (C=O) groups is 2. The highest BCUT2D eigenvalue weighted by Gasteiger charge is 2.29. The van der Waals surface area contributed by atoms with E-state index in [2.05, 4.69) is 10.5 Å². The van der Waals surface area contributed by atoms with Gasteiger partial charge in [-0.25, -0.2) is 5.43 Å². The number of hydrazone groups is 1. The van der Waals surface area contributed by atoms with Gasteiger partial charge in [0.05, 0.1) is 32.8 Å². The van der Waals surface area contributed by atoms with Gasteiger partial charge in [0.25, 0.3) is 5.91 Å². The van der Waals surface area contributed by atoms with Crippen molar-refractivity contribution in [3.05, 3.63) is 47.9 Å². The van der Waals surface area contributed by atoms with Gasteiger partial charge in [-0.3, -0.25) is 14.5 Å². The molecule has 1 fully saturated rings. The van der Waals surface area contributed by atoms with Gasteiger partial charge in [0.1, 0.15) is 17.3 Å². The van der Waals surface area contributed by atoms with E-state index < -0.39 is 5.91 Å². The summed E-state index contributed by atoms with van der Waals surface area (Å²) in [6.45, 7) is 0.264. The molecule has 1 aromatic carbocycles. The summed E-state index contributed by atoms with van der Waals surface area (Å²) in [5.41, 5.74) is 2.80. The average Bonchev–Trinajstić information content (AvgIpc) is 3.30. The summed E-state index contributed by atoms with van der Waals surface area (Å²) < 4.78 is 15.6. The van der Waals surface area contributed by atoms with Crippen molar-refractivity contribution in [2.45, 2.75) is 6.54 Å². The van der Waals surface area contributed by atoms with E-state index in [0.29, 0.717) is 28.0 Å². The Balaban J connectivity index is 1.73. The molecule has 1 aliphatic heterocycles. The first-order valence-corrected chi connectivity index (χ1v) is 8.66. The summed E-state index contributed by atoms with van der Waals surface area (Å²) in [5.74, 6) is 1.36. The van der Waals surface area contributed by atoms with E-state index in [1.165, 1.54) is 37.1 Å². The van der Waals surface area contributed by atoms with E-state index >= 15 is 0 Å². The van der Waals surface area contributed by atoms with Gasteiger partial charge in [0, 0.05) is 11.6 Å². The first-order chi connectivity index (χ1) is 12.6. The molecular weight excluding hydrogens is 358 g/mol. The van der Waals surface area contributed by atoms with Crippen LogP contribution in [0.5, 0.6) is 11.5 Å². The Morgan fingerprint density at radius 3 is 2.65 bits per heavy atom. The number of amidine groups is 1. The van der Waals surface area contributed by atoms with Crippen LogP contribution in [-0.2, 0) is 11.3 Å². The van der Waals surface area contributed by atoms with Crippen molar-refractivity contribution < 1.29 is 23.5 Å². The van der Waals surface area contributed by atoms with Crippen molar-refractivity contribution in [3.8, 4) is 11.5 Å². The van der Waals surface area contributed by atoms with Crippen LogP contribution in [-0.4, -0.2) is 41.9 Å². The summed E-state index contributed by atoms with van der Waals surface area (Å²) in [5, 5.41) is 4.50. The number of benzene rings is 1. The fourth-order valence-electron chi connectivity index (χ4n) is 2.30. The molecule has 2 heterocycles. The van der Waals surface area contributed by atoms with E-state index in [9.17, 15) is 9.59 Å². The zero-order valence-electron chi connectivity index (χ0n) is 14.2. The molecule has 0 unspecified atom stereocenters. The average molecular weight is 375 g/mol. The smallest absolute Gasteiger partial charge is 0.271 e. The van der Waals surface area contributed by atoms with Crippen LogP contribution in [0.25, 0.3) is 0 Å². The summed E-state index contributed by atoms with van der Waals surface area (Å²) in [7, 11) is 3.01. The van der Waals surface area contributed by atoms with Crippen LogP contribution in [0.15, 0.2) is 46.1 Å². The van der Waals surface area contributed by atoms with E-state index in [1.54, 1.807) is 30.3 Å². The first kappa shape index (κ1) is 17.9. The Morgan fingerprint density at radius 2 is 2.04 bits per heavy atom. The number of amides is 2. The van der Waals surface area contributed by atoms with E-state index in [0.717, 1.165) is 0 Å². The normalized spacial score (nSPS) is 15.4. The monoisotopic (exact) mass is 375 g/mol. The fourth-order valence-corrected chi connectivity index (χ4v) is 3.14. The standard InChI is InChI=1S/C17H17N3O5S/c1-23-13-6-11(7-14(8-13)24-2)16(22)18-19-17-20(15(21)10-26-17)9-12-4-3-5-25-12/h3-8H,9-10H2,1-2H3,(H,18,22). The molecule has 1 N–H and O–H groups in total. The molecule has 0 bridgehead atoms. The first-order valence-electron chi connectivity index (χ1n) is 7.67. The highest BCUT2D eigenvalue weighted by Crippen LogP contribution is 2.23. The van der Waals surface area contributed by atoms with Crippen LogP contribution in [0.1, 0.15) is 16.1 Å². The minimum atomic E-state index is -0.437. The van der Waals surface area contributed by atoms with Crippen LogP contribution in [0, 0.1) is 0 Å². The Kier molecular flexibility index (Phi) is 5.47. The Labute approximate surface area is 154 Å². The number of nitrogens with zero attached hydrogens (tertiary/aromatic N) is 2. The number of rotatable bonds is 6. The van der Waals surface area contributed by atoms with Crippen LogP contribution >= 0.6 is 11.8 Å². The predicted octanol–water partition coefficient (Wildman–Crippen LogP) is 2.07. The highest BCUT2D eigenvalue weighted by molar-refractivity contribution is 8.15. The maximum absolute atomic E-state index is 12.4. The quantitative estimate of drug-likeness (QED) is 0.777. The largest absolute Gasteiger partial charge is 0.497 e. The lowest BCUT2D eigenvalue weighted by molar-refractivity contribution is -0.124. The van der Waals surface area contributed by atoms with Gasteiger partial charge in [-0.1, -0.05) is 11.8 Å². The molecule has 0 atom stereocenters. The lowest BCUT2D eigenvalue weighted by Crippen LogP contribution is -2.31. The number of thioether (sulfide) groups is 1. The second-order valence-electron chi connectivity index (χ2n) is 5.28. The maximum atomic E-state index is 12.4. The lowest BCUT2D eigenvalue weighted by Gasteiger charge is -2.14. The summed E-state index contributed by atoms with van der Waals surface area (Å²) in [6, 6.07) is 8.34. The topological polar surface area (TPSA) is 93.4 Å². The number of furan rings is 1. The molecule has 26 heavy (non-hydrogen) atoms. The summed E-state index contributed by atoms with van der Waals surface area (Å²) in [4.78, 5) is 25.9. The highest BCUT2D eigenvalue weighted by atomic mass is 32.2. The molecule has 2 aromatic rings. The Bertz CT molecular complexity index is 813. The van der Waals surface area contributed by atoms with Crippen molar-refractivity contribution >= 4 is 28.7 Å². The molecule has 9 heteroatoms. The SMILES string of the molecule is COc1cc(OC)cc(C(=O)NN=C2SCC(=O)N2Cc2ccco2)c1. The second kappa shape index (κ2) is 7.96. The third-order valence-electron chi connectivity index (χ3n) is 3.62. The van der Waals surface area contributed by atoms with E-state index in [1.807, 2.05) is 0 Å². The number of hydrogen-bond acceptors (Lipinski definition) is 7. The van der Waals surface area contributed by atoms with Gasteiger partial charge in [-0.05, 0) is 24.3 Å². The summed E-state index contributed by atoms with van der Waals surface area (Å²) in [6.07, 6.45) is 1.54. The van der Waals surface area contributed by atoms with Crippen molar-refractivity contribution in [3.63, 3.8) is 0 Å². The van der Waals surface area contributed by atoms with Gasteiger partial charge in [-0.15, -0.1) is 5.10 Å². The molecule has 136 valence electrons. The number of methoxy groups -OCH3 is 2. The van der Waals surface area contributed by atoms with Crippen LogP contribution < -0.4 is 14.9 Å². The number of carbonyl (C=O) groups excluding carboxylic acids is 2. The van der Waals surface area contributed by atoms with Gasteiger partial charge < -0.3 is 13.9 Å². The zero-order chi connectivity index (χ0) is 18.5. The number of hydrogen-bond donors (Lipinski definition) is 1. The molecule has 8 nitrogen and oxygen atoms in total. The molecule has 0 spiro atoms. The molecule has 0 saturated carbocycles. The van der Waals surface area contributed by atoms with Crippen LogP contribution in [0.4, 0.5) is 0 Å². The van der Waals surface area contributed by atoms with E-state index in [-0.39, 0.29) is 18.2 Å². The fraction of sp³-hybridized carbons (Fsp3) is 0.235. The van der Waals surface area contributed by atoms with Crippen LogP contribution in [0.3, 0.4) is 0 Å². The molecule has 1 saturated heterocycles. The zero-order valence-corrected chi connectivity index (χ0v) is 15.0. The molecule has 0 aliphatic carbocycles. The van der Waals surface area contributed by atoms with Crippen molar-refractivity contribution in [1.82, 2.24) is 10.3 Å². The second-order valence-corrected chi connectivity index (χ2v) is 6.23. The lowest BCUT2D eigenvalue weighted by atomic mass is 10.2. The minimum Gasteiger partial charge on any atom is -0.497 e. The van der Waals surface area contributed by atoms with Gasteiger partial charge in [-0.2, -0.15) is 0 Å². The molecular formula is C17H17N3O5S. The molecule has 2 amide bonds. The van der Waals surface area contributed by atoms with Gasteiger partial charge in [0.15, 0.2) is 5.17 Å². The predicted molar refractivity (Wildman–Crippen MR) is 96.2 cm³/mol. The Morgan fingerprint density at radius 1 is 1.31 bits per heavy atom. The van der Waals surface area contributed by atoms with Gasteiger partial charge >= 0.3 is 0 Å². The number of ether oxygens (including phenoxy) is 2. The number of nitrogens with one attached hydrogen (secondary N) is 1. The third-order valence-corrected chi connectivity index (χ3v) is 4.58. The minimum absolute atomic E-state index is 0.0950. The Hall–Kier alpha value is -2.94. The summed E-state index contributed by atoms with van der Waals surface area (Å²) >= 11 is 1.25. The maximum Gasteiger partial charge on any atom is 0.271 e. The molecule has 3 rings (SSSR count). The van der Waals surface area contributed by atoms with E-state index in [4.69, 9.17) is 13.9 Å². The van der Waals surface area contributed by atoms with Crippen LogP contribution in [0.2, 0.25) is 0 Å². The van der Waals surface area contributed by atoms with Crippen molar-refractivity contribution in [1.29, 1.82) is 0 Å². The van der Waals surface area contributed by atoms with Crippen molar-refractivity contribution in [2.75, 3.05) is 20.0 Å². The molecule has 1 aliphatic rings. The molecule has 1 aromatic heterocycles.